The van der Waals surface area contributed by atoms with Crippen LogP contribution >= 0.6 is 15.9 Å². The quantitative estimate of drug-likeness (QED) is 0.180. The summed E-state index contributed by atoms with van der Waals surface area (Å²) in [6.45, 7) is 15.6. The molecule has 0 saturated carbocycles. The third-order valence-corrected chi connectivity index (χ3v) is 8.81. The van der Waals surface area contributed by atoms with Crippen LogP contribution < -0.4 is 15.3 Å². The maximum atomic E-state index is 14.4. The molecule has 0 unspecified atom stereocenters. The van der Waals surface area contributed by atoms with Gasteiger partial charge < -0.3 is 0 Å². The number of hydrogen-bond donors (Lipinski definition) is 0. The van der Waals surface area contributed by atoms with Crippen LogP contribution in [0.15, 0.2) is 72.7 Å². The van der Waals surface area contributed by atoms with Crippen molar-refractivity contribution in [1.29, 1.82) is 0 Å². The third kappa shape index (κ3) is 3.86. The zero-order valence-corrected chi connectivity index (χ0v) is 25.5. The van der Waals surface area contributed by atoms with Gasteiger partial charge in [0.1, 0.15) is 7.85 Å². The zero-order chi connectivity index (χ0) is 30.9. The maximum Gasteiger partial charge on any atom is 0.267 e. The van der Waals surface area contributed by atoms with Crippen LogP contribution in [0.2, 0.25) is 0 Å². The standard InChI is InChI=1S/C35H26BBrN2O4/c1-6-18-11-9-12-19(7-2)30(18)38-32(40)22-15-24(36)28-26-23(16-25(37)29(27(22)26)35(38)43)33(41)39(34(28)42)31-20(8-3)13-10-14-21(31)17(4)5/h6-17H,1-3,36H2,4-5H3. The van der Waals surface area contributed by atoms with Crippen molar-refractivity contribution in [2.24, 2.45) is 0 Å². The molecule has 0 saturated heterocycles. The van der Waals surface area contributed by atoms with E-state index in [0.29, 0.717) is 43.4 Å². The molecule has 4 amide bonds. The largest absolute Gasteiger partial charge is 0.268 e. The molecule has 0 aromatic heterocycles. The maximum absolute atomic E-state index is 14.4. The first-order chi connectivity index (χ1) is 20.6. The summed E-state index contributed by atoms with van der Waals surface area (Å²) in [5.74, 6) is -2.18. The molecule has 0 atom stereocenters. The zero-order valence-electron chi connectivity index (χ0n) is 24.0. The Morgan fingerprint density at radius 1 is 0.698 bits per heavy atom. The molecule has 2 aliphatic heterocycles. The SMILES string of the molecule is Bc1cc2c3c(c(Br)cc4c3c1C(=O)N(c1c(C=C)cccc1C(C)C)C4=O)C(=O)N(c1c(C=C)cccc1C=C)C2=O. The number of halogens is 1. The molecule has 0 fully saturated rings. The fraction of sp³-hybridized carbons (Fsp3) is 0.0857. The van der Waals surface area contributed by atoms with E-state index in [1.54, 1.807) is 56.4 Å². The summed E-state index contributed by atoms with van der Waals surface area (Å²) in [5, 5.41) is 0.596. The Hall–Kier alpha value is -4.82. The molecule has 0 bridgehead atoms. The Bertz CT molecular complexity index is 2000. The van der Waals surface area contributed by atoms with E-state index in [1.807, 2.05) is 32.0 Å². The van der Waals surface area contributed by atoms with Crippen molar-refractivity contribution < 1.29 is 19.2 Å². The van der Waals surface area contributed by atoms with Crippen molar-refractivity contribution in [2.75, 3.05) is 9.80 Å². The molecule has 4 aromatic carbocycles. The summed E-state index contributed by atoms with van der Waals surface area (Å²) >= 11 is 3.55. The molecule has 0 radical (unpaired) electrons. The molecule has 2 heterocycles. The van der Waals surface area contributed by atoms with Gasteiger partial charge in [0.15, 0.2) is 0 Å². The molecular weight excluding hydrogens is 603 g/mol. The van der Waals surface area contributed by atoms with Crippen LogP contribution in [-0.2, 0) is 0 Å². The van der Waals surface area contributed by atoms with Crippen molar-refractivity contribution in [2.45, 2.75) is 19.8 Å². The van der Waals surface area contributed by atoms with E-state index in [9.17, 15) is 19.2 Å². The first kappa shape index (κ1) is 28.3. The monoisotopic (exact) mass is 628 g/mol. The predicted molar refractivity (Wildman–Crippen MR) is 179 cm³/mol. The van der Waals surface area contributed by atoms with Crippen molar-refractivity contribution in [3.8, 4) is 0 Å². The summed E-state index contributed by atoms with van der Waals surface area (Å²) in [6, 6.07) is 14.1. The highest BCUT2D eigenvalue weighted by atomic mass is 79.9. The van der Waals surface area contributed by atoms with Gasteiger partial charge in [0.2, 0.25) is 0 Å². The Kier molecular flexibility index (Phi) is 6.70. The minimum Gasteiger partial charge on any atom is -0.268 e. The van der Waals surface area contributed by atoms with Gasteiger partial charge in [0.05, 0.1) is 22.5 Å². The second-order valence-corrected chi connectivity index (χ2v) is 11.7. The van der Waals surface area contributed by atoms with E-state index in [1.165, 1.54) is 4.90 Å². The number of nitrogens with zero attached hydrogens (tertiary/aromatic N) is 2. The van der Waals surface area contributed by atoms with E-state index in [0.717, 1.165) is 10.5 Å². The van der Waals surface area contributed by atoms with Crippen LogP contribution in [0.5, 0.6) is 0 Å². The molecule has 0 spiro atoms. The van der Waals surface area contributed by atoms with Crippen LogP contribution in [0.4, 0.5) is 11.4 Å². The number of imide groups is 2. The second-order valence-electron chi connectivity index (χ2n) is 10.9. The number of benzene rings is 4. The molecule has 43 heavy (non-hydrogen) atoms. The Morgan fingerprint density at radius 2 is 1.16 bits per heavy atom. The fourth-order valence-corrected chi connectivity index (χ4v) is 6.85. The van der Waals surface area contributed by atoms with Gasteiger partial charge in [0.25, 0.3) is 23.6 Å². The lowest BCUT2D eigenvalue weighted by atomic mass is 9.77. The van der Waals surface area contributed by atoms with Crippen LogP contribution in [-0.4, -0.2) is 31.5 Å². The number of amides is 4. The van der Waals surface area contributed by atoms with Gasteiger partial charge in [-0.2, -0.15) is 0 Å². The highest BCUT2D eigenvalue weighted by Crippen LogP contribution is 2.45. The van der Waals surface area contributed by atoms with E-state index in [4.69, 9.17) is 0 Å². The molecule has 210 valence electrons. The number of para-hydroxylation sites is 2. The predicted octanol–water partition coefficient (Wildman–Crippen LogP) is 6.51. The number of rotatable bonds is 6. The summed E-state index contributed by atoms with van der Waals surface area (Å²) in [6.07, 6.45) is 4.79. The minimum atomic E-state index is -0.579. The van der Waals surface area contributed by atoms with E-state index >= 15 is 0 Å². The third-order valence-electron chi connectivity index (χ3n) is 8.18. The van der Waals surface area contributed by atoms with Gasteiger partial charge in [-0.25, -0.2) is 9.80 Å². The highest BCUT2D eigenvalue weighted by Gasteiger charge is 2.44. The van der Waals surface area contributed by atoms with Gasteiger partial charge in [-0.05, 0) is 50.2 Å². The van der Waals surface area contributed by atoms with Crippen molar-refractivity contribution in [3.05, 3.63) is 117 Å². The lowest BCUT2D eigenvalue weighted by molar-refractivity contribution is 0.0873. The number of anilines is 2. The smallest absolute Gasteiger partial charge is 0.267 e. The highest BCUT2D eigenvalue weighted by molar-refractivity contribution is 9.10. The van der Waals surface area contributed by atoms with E-state index in [-0.39, 0.29) is 33.6 Å². The molecule has 0 N–H and O–H groups in total. The van der Waals surface area contributed by atoms with Crippen molar-refractivity contribution in [1.82, 2.24) is 0 Å². The fourth-order valence-electron chi connectivity index (χ4n) is 6.25. The summed E-state index contributed by atoms with van der Waals surface area (Å²) < 4.78 is 0.341. The van der Waals surface area contributed by atoms with Gasteiger partial charge >= 0.3 is 0 Å². The second kappa shape index (κ2) is 10.2. The summed E-state index contributed by atoms with van der Waals surface area (Å²) in [4.78, 5) is 59.5. The first-order valence-corrected chi connectivity index (χ1v) is 14.6. The van der Waals surface area contributed by atoms with Crippen molar-refractivity contribution >= 4 is 93.2 Å². The summed E-state index contributed by atoms with van der Waals surface area (Å²) in [5.41, 5.74) is 4.95. The molecule has 2 aliphatic rings. The van der Waals surface area contributed by atoms with Crippen LogP contribution in [0, 0.1) is 0 Å². The molecule has 8 heteroatoms. The number of hydrogen-bond acceptors (Lipinski definition) is 4. The van der Waals surface area contributed by atoms with Crippen LogP contribution in [0.25, 0.3) is 29.0 Å². The normalized spacial score (nSPS) is 14.1. The molecule has 0 aliphatic carbocycles. The average Bonchev–Trinajstić information content (AvgIpc) is 2.99. The average molecular weight is 629 g/mol. The number of carbonyl (C=O) groups excluding carboxylic acids is 4. The van der Waals surface area contributed by atoms with Gasteiger partial charge in [-0.1, -0.05) is 99.7 Å². The molecule has 4 aromatic rings. The molecular formula is C35H26BBrN2O4. The Balaban J connectivity index is 1.66. The summed E-state index contributed by atoms with van der Waals surface area (Å²) in [7, 11) is 1.74. The van der Waals surface area contributed by atoms with Gasteiger partial charge in [0, 0.05) is 26.4 Å². The van der Waals surface area contributed by atoms with Gasteiger partial charge in [-0.3, -0.25) is 19.2 Å². The van der Waals surface area contributed by atoms with Crippen LogP contribution in [0.3, 0.4) is 0 Å². The van der Waals surface area contributed by atoms with Gasteiger partial charge in [-0.15, -0.1) is 0 Å². The lowest BCUT2D eigenvalue weighted by Crippen LogP contribution is -2.46. The van der Waals surface area contributed by atoms with E-state index < -0.39 is 23.6 Å². The Labute approximate surface area is 258 Å². The van der Waals surface area contributed by atoms with E-state index in [2.05, 4.69) is 35.7 Å². The first-order valence-electron chi connectivity index (χ1n) is 13.8. The molecule has 6 rings (SSSR count). The van der Waals surface area contributed by atoms with Crippen LogP contribution in [0.1, 0.15) is 83.5 Å². The Morgan fingerprint density at radius 3 is 1.72 bits per heavy atom. The van der Waals surface area contributed by atoms with Crippen molar-refractivity contribution in [3.63, 3.8) is 0 Å². The molecule has 6 nitrogen and oxygen atoms in total. The topological polar surface area (TPSA) is 74.8 Å². The number of carbonyl (C=O) groups is 4. The minimum absolute atomic E-state index is 0.0141. The lowest BCUT2D eigenvalue weighted by Gasteiger charge is -2.35.